The third-order valence-corrected chi connectivity index (χ3v) is 5.87. The number of aromatic nitrogens is 2. The number of nitrogens with zero attached hydrogens (tertiary/aromatic N) is 3. The molecule has 140 valence electrons. The van der Waals surface area contributed by atoms with Crippen LogP contribution in [0.3, 0.4) is 0 Å². The van der Waals surface area contributed by atoms with Crippen LogP contribution in [0, 0.1) is 10.1 Å². The molecular formula is C22H20N4O2. The number of nitro groups is 1. The molecule has 28 heavy (non-hydrogen) atoms. The summed E-state index contributed by atoms with van der Waals surface area (Å²) in [6.45, 7) is 1.86. The van der Waals surface area contributed by atoms with Gasteiger partial charge < -0.3 is 9.88 Å². The number of non-ortho nitro benzene ring substituents is 1. The van der Waals surface area contributed by atoms with Crippen LogP contribution in [0.1, 0.15) is 24.3 Å². The number of piperidine rings is 1. The second-order valence-electron chi connectivity index (χ2n) is 7.33. The van der Waals surface area contributed by atoms with Crippen LogP contribution in [-0.2, 0) is 0 Å². The molecular weight excluding hydrogens is 352 g/mol. The molecule has 1 aliphatic heterocycles. The summed E-state index contributed by atoms with van der Waals surface area (Å²) >= 11 is 0. The van der Waals surface area contributed by atoms with Gasteiger partial charge in [-0.25, -0.2) is 0 Å². The summed E-state index contributed by atoms with van der Waals surface area (Å²) in [5, 5.41) is 14.2. The summed E-state index contributed by atoms with van der Waals surface area (Å²) in [7, 11) is 0. The van der Waals surface area contributed by atoms with Gasteiger partial charge in [0.2, 0.25) is 0 Å². The van der Waals surface area contributed by atoms with Crippen LogP contribution in [0.4, 0.5) is 11.4 Å². The highest BCUT2D eigenvalue weighted by molar-refractivity contribution is 5.99. The Labute approximate surface area is 162 Å². The van der Waals surface area contributed by atoms with Crippen molar-refractivity contribution in [1.29, 1.82) is 0 Å². The number of H-pyrrole nitrogens is 1. The fraction of sp³-hybridized carbons (Fsp3) is 0.227. The minimum atomic E-state index is -0.336. The van der Waals surface area contributed by atoms with Gasteiger partial charge in [0.1, 0.15) is 0 Å². The van der Waals surface area contributed by atoms with Gasteiger partial charge in [0.05, 0.1) is 10.3 Å². The molecule has 2 aromatic carbocycles. The molecule has 1 aliphatic rings. The highest BCUT2D eigenvalue weighted by Gasteiger charge is 2.25. The van der Waals surface area contributed by atoms with Crippen molar-refractivity contribution in [3.05, 3.63) is 76.7 Å². The molecule has 0 aliphatic carbocycles. The summed E-state index contributed by atoms with van der Waals surface area (Å²) in [6, 6.07) is 13.8. The van der Waals surface area contributed by atoms with Crippen molar-refractivity contribution in [2.75, 3.05) is 18.0 Å². The Balaban J connectivity index is 1.43. The Morgan fingerprint density at radius 3 is 2.68 bits per heavy atom. The first-order chi connectivity index (χ1) is 13.7. The van der Waals surface area contributed by atoms with E-state index in [0.29, 0.717) is 11.3 Å². The Bertz CT molecular complexity index is 1180. The molecule has 0 unspecified atom stereocenters. The van der Waals surface area contributed by atoms with Crippen LogP contribution in [0.15, 0.2) is 61.1 Å². The standard InChI is InChI=1S/C22H20N4O2/c27-26(28)22-6-5-21(17-7-10-23-13-19(17)22)25-11-8-15(9-12-25)18-14-24-20-4-2-1-3-16(18)20/h1-7,10,13-15,24H,8-9,11-12H2. The zero-order valence-corrected chi connectivity index (χ0v) is 15.3. The van der Waals surface area contributed by atoms with Gasteiger partial charge in [0.25, 0.3) is 5.69 Å². The fourth-order valence-electron chi connectivity index (χ4n) is 4.46. The van der Waals surface area contributed by atoms with Gasteiger partial charge in [-0.2, -0.15) is 0 Å². The summed E-state index contributed by atoms with van der Waals surface area (Å²) in [6.07, 6.45) is 7.57. The Hall–Kier alpha value is -3.41. The van der Waals surface area contributed by atoms with E-state index in [9.17, 15) is 10.1 Å². The summed E-state index contributed by atoms with van der Waals surface area (Å²) in [4.78, 5) is 20.8. The van der Waals surface area contributed by atoms with E-state index in [-0.39, 0.29) is 10.6 Å². The zero-order valence-electron chi connectivity index (χ0n) is 15.3. The molecule has 6 nitrogen and oxygen atoms in total. The third-order valence-electron chi connectivity index (χ3n) is 5.87. The molecule has 0 amide bonds. The van der Waals surface area contributed by atoms with Gasteiger partial charge >= 0.3 is 0 Å². The summed E-state index contributed by atoms with van der Waals surface area (Å²) in [5.41, 5.74) is 3.75. The van der Waals surface area contributed by atoms with E-state index in [0.717, 1.165) is 37.0 Å². The first-order valence-electron chi connectivity index (χ1n) is 9.54. The molecule has 4 aromatic rings. The van der Waals surface area contributed by atoms with Crippen molar-refractivity contribution >= 4 is 33.1 Å². The molecule has 6 heteroatoms. The zero-order chi connectivity index (χ0) is 19.1. The Morgan fingerprint density at radius 1 is 1.04 bits per heavy atom. The van der Waals surface area contributed by atoms with Crippen LogP contribution in [0.25, 0.3) is 21.7 Å². The SMILES string of the molecule is O=[N+]([O-])c1ccc(N2CCC(c3c[nH]c4ccccc34)CC2)c2ccncc12. The monoisotopic (exact) mass is 372 g/mol. The molecule has 1 N–H and O–H groups in total. The molecule has 0 spiro atoms. The lowest BCUT2D eigenvalue weighted by atomic mass is 9.89. The van der Waals surface area contributed by atoms with Crippen molar-refractivity contribution in [2.24, 2.45) is 0 Å². The lowest BCUT2D eigenvalue weighted by molar-refractivity contribution is -0.383. The van der Waals surface area contributed by atoms with Gasteiger partial charge in [-0.05, 0) is 42.5 Å². The number of pyridine rings is 1. The maximum atomic E-state index is 11.3. The van der Waals surface area contributed by atoms with Crippen LogP contribution in [0.5, 0.6) is 0 Å². The average molecular weight is 372 g/mol. The molecule has 2 aromatic heterocycles. The number of benzene rings is 2. The largest absolute Gasteiger partial charge is 0.371 e. The first kappa shape index (κ1) is 16.7. The smallest absolute Gasteiger partial charge is 0.278 e. The number of anilines is 1. The molecule has 0 atom stereocenters. The quantitative estimate of drug-likeness (QED) is 0.405. The number of nitrogens with one attached hydrogen (secondary N) is 1. The van der Waals surface area contributed by atoms with E-state index in [1.165, 1.54) is 16.5 Å². The highest BCUT2D eigenvalue weighted by Crippen LogP contribution is 2.38. The van der Waals surface area contributed by atoms with Gasteiger partial charge in [0.15, 0.2) is 0 Å². The highest BCUT2D eigenvalue weighted by atomic mass is 16.6. The van der Waals surface area contributed by atoms with Gasteiger partial charge in [-0.1, -0.05) is 18.2 Å². The minimum absolute atomic E-state index is 0.112. The lowest BCUT2D eigenvalue weighted by Gasteiger charge is -2.34. The lowest BCUT2D eigenvalue weighted by Crippen LogP contribution is -2.33. The molecule has 1 saturated heterocycles. The number of aromatic amines is 1. The van der Waals surface area contributed by atoms with Gasteiger partial charge in [-0.15, -0.1) is 0 Å². The number of rotatable bonds is 3. The average Bonchev–Trinajstić information content (AvgIpc) is 3.17. The number of nitro benzene ring substituents is 1. The predicted molar refractivity (Wildman–Crippen MR) is 111 cm³/mol. The second-order valence-corrected chi connectivity index (χ2v) is 7.33. The van der Waals surface area contributed by atoms with Crippen molar-refractivity contribution in [2.45, 2.75) is 18.8 Å². The molecule has 3 heterocycles. The molecule has 5 rings (SSSR count). The predicted octanol–water partition coefficient (Wildman–Crippen LogP) is 5.01. The summed E-state index contributed by atoms with van der Waals surface area (Å²) < 4.78 is 0. The van der Waals surface area contributed by atoms with Crippen molar-refractivity contribution < 1.29 is 4.92 Å². The van der Waals surface area contributed by atoms with Crippen LogP contribution in [-0.4, -0.2) is 28.0 Å². The molecule has 0 saturated carbocycles. The van der Waals surface area contributed by atoms with Crippen molar-refractivity contribution in [1.82, 2.24) is 9.97 Å². The Kier molecular flexibility index (Phi) is 3.97. The first-order valence-corrected chi connectivity index (χ1v) is 9.54. The van der Waals surface area contributed by atoms with Gasteiger partial charge in [0, 0.05) is 59.7 Å². The maximum Gasteiger partial charge on any atom is 0.278 e. The van der Waals surface area contributed by atoms with Crippen LogP contribution in [0.2, 0.25) is 0 Å². The minimum Gasteiger partial charge on any atom is -0.371 e. The van der Waals surface area contributed by atoms with E-state index in [2.05, 4.69) is 45.3 Å². The van der Waals surface area contributed by atoms with Crippen molar-refractivity contribution in [3.63, 3.8) is 0 Å². The van der Waals surface area contributed by atoms with E-state index in [4.69, 9.17) is 0 Å². The van der Waals surface area contributed by atoms with Crippen LogP contribution < -0.4 is 4.90 Å². The fourth-order valence-corrected chi connectivity index (χ4v) is 4.46. The Morgan fingerprint density at radius 2 is 1.86 bits per heavy atom. The van der Waals surface area contributed by atoms with Crippen molar-refractivity contribution in [3.8, 4) is 0 Å². The normalized spacial score (nSPS) is 15.4. The third kappa shape index (κ3) is 2.69. The number of hydrogen-bond acceptors (Lipinski definition) is 4. The maximum absolute atomic E-state index is 11.3. The number of para-hydroxylation sites is 1. The summed E-state index contributed by atoms with van der Waals surface area (Å²) in [5.74, 6) is 0.526. The van der Waals surface area contributed by atoms with E-state index < -0.39 is 0 Å². The van der Waals surface area contributed by atoms with Crippen LogP contribution >= 0.6 is 0 Å². The van der Waals surface area contributed by atoms with E-state index in [1.807, 2.05) is 12.1 Å². The number of hydrogen-bond donors (Lipinski definition) is 1. The van der Waals surface area contributed by atoms with E-state index in [1.54, 1.807) is 18.5 Å². The van der Waals surface area contributed by atoms with Gasteiger partial charge in [-0.3, -0.25) is 15.1 Å². The second kappa shape index (κ2) is 6.64. The molecule has 0 bridgehead atoms. The molecule has 0 radical (unpaired) electrons. The number of fused-ring (bicyclic) bond motifs is 2. The van der Waals surface area contributed by atoms with E-state index >= 15 is 0 Å². The topological polar surface area (TPSA) is 75.1 Å². The molecule has 1 fully saturated rings.